The number of carbonyl (C=O) groups is 2. The van der Waals surface area contributed by atoms with Crippen LogP contribution in [0.1, 0.15) is 112 Å². The Morgan fingerprint density at radius 1 is 0.272 bits per heavy atom. The van der Waals surface area contributed by atoms with Gasteiger partial charge >= 0.3 is 11.9 Å². The molecule has 604 valence electrons. The molecule has 2 atom stereocenters. The first kappa shape index (κ1) is 76.7. The van der Waals surface area contributed by atoms with Gasteiger partial charge in [-0.05, 0) is 275 Å². The number of ether oxygens (including phenoxy) is 2. The fourth-order valence-electron chi connectivity index (χ4n) is 19.0. The second-order valence-corrected chi connectivity index (χ2v) is 36.9. The first-order valence-electron chi connectivity index (χ1n) is 42.5. The van der Waals surface area contributed by atoms with Crippen LogP contribution in [0.4, 0.5) is 0 Å². The average molecular weight is 1660 g/mol. The summed E-state index contributed by atoms with van der Waals surface area (Å²) < 4.78 is 11.6. The van der Waals surface area contributed by atoms with Crippen LogP contribution >= 0.6 is 23.5 Å². The van der Waals surface area contributed by atoms with Gasteiger partial charge in [-0.2, -0.15) is 0 Å². The molecule has 22 rings (SSSR count). The van der Waals surface area contributed by atoms with E-state index in [1.165, 1.54) is 45.8 Å². The lowest BCUT2D eigenvalue weighted by Gasteiger charge is -2.46. The highest BCUT2D eigenvalue weighted by atomic mass is 32.2. The molecule has 14 aromatic rings. The number of nitrogens with one attached hydrogen (secondary N) is 4. The van der Waals surface area contributed by atoms with Crippen LogP contribution in [-0.2, 0) is 9.59 Å². The van der Waals surface area contributed by atoms with Crippen LogP contribution < -0.4 is 9.47 Å². The van der Waals surface area contributed by atoms with Crippen molar-refractivity contribution in [2.24, 2.45) is 0 Å². The van der Waals surface area contributed by atoms with Gasteiger partial charge < -0.3 is 29.4 Å². The number of H-pyrrole nitrogens is 4. The molecule has 12 nitrogen and oxygen atoms in total. The number of thioether (sulfide) groups is 2. The Morgan fingerprint density at radius 3 is 0.648 bits per heavy atom. The first-order valence-corrected chi connectivity index (χ1v) is 44.2. The Bertz CT molecular complexity index is 7080. The molecular formula is C111H84N8O4S2. The van der Waals surface area contributed by atoms with E-state index in [1.807, 2.05) is 48.5 Å². The van der Waals surface area contributed by atoms with Gasteiger partial charge in [-0.15, -0.1) is 23.5 Å². The van der Waals surface area contributed by atoms with Crippen molar-refractivity contribution in [1.29, 1.82) is 0 Å². The quantitative estimate of drug-likeness (QED) is 0.0683. The minimum absolute atomic E-state index is 0.403. The summed E-state index contributed by atoms with van der Waals surface area (Å²) in [6.45, 7) is 17.1. The third kappa shape index (κ3) is 13.5. The number of aromatic nitrogens is 8. The van der Waals surface area contributed by atoms with Gasteiger partial charge in [0.25, 0.3) is 0 Å². The normalized spacial score (nSPS) is 16.5. The molecule has 1 saturated carbocycles. The summed E-state index contributed by atoms with van der Waals surface area (Å²) >= 11 is 3.05. The van der Waals surface area contributed by atoms with E-state index >= 15 is 9.59 Å². The van der Waals surface area contributed by atoms with Crippen molar-refractivity contribution in [2.75, 3.05) is 0 Å². The number of hydrogen-bond acceptors (Lipinski definition) is 10. The summed E-state index contributed by atoms with van der Waals surface area (Å²) in [6, 6.07) is 84.5. The van der Waals surface area contributed by atoms with Gasteiger partial charge in [0.1, 0.15) is 11.5 Å². The number of esters is 2. The van der Waals surface area contributed by atoms with Gasteiger partial charge in [0.2, 0.25) is 0 Å². The van der Waals surface area contributed by atoms with E-state index in [9.17, 15) is 0 Å². The van der Waals surface area contributed by atoms with Crippen molar-refractivity contribution >= 4 is 128 Å². The third-order valence-electron chi connectivity index (χ3n) is 25.6. The lowest BCUT2D eigenvalue weighted by Crippen LogP contribution is -2.47. The molecule has 6 aliphatic heterocycles. The van der Waals surface area contributed by atoms with E-state index in [2.05, 4.69) is 330 Å². The number of hydrogen-bond donors (Lipinski definition) is 4. The van der Waals surface area contributed by atoms with Crippen molar-refractivity contribution in [3.8, 4) is 101 Å². The molecule has 2 aliphatic carbocycles. The summed E-state index contributed by atoms with van der Waals surface area (Å²) in [6.07, 6.45) is 23.8. The highest BCUT2D eigenvalue weighted by Crippen LogP contribution is 2.68. The second-order valence-electron chi connectivity index (χ2n) is 34.0. The maximum atomic E-state index is 15.0. The summed E-state index contributed by atoms with van der Waals surface area (Å²) in [5.74, 6) is -0.0822. The molecule has 6 aromatic heterocycles. The predicted octanol–water partition coefficient (Wildman–Crippen LogP) is 27.9. The summed E-state index contributed by atoms with van der Waals surface area (Å²) in [7, 11) is 0. The SMILES string of the molecule is Cc1ccc(-c2c3nc(c(-c4ccc(C)cc4)c4ccc([nH]4)c(-c4ccc(OC(=O)C5=CC6=C7CCCC7=C7C=C(C(=O)Oc8ccc(-c9c%10nc(c(-c%11ccc(C)cc%11)c%11ccc([nH]%11)c(-c%11ccc(C)cc%11)c%11nc(c(-c%12ccc(C)cc%12)c%12ccc9[nH]%12)C=C%11)C=C%10)cc8)SC7(C)C6(C)S5)cc4)c4nc(c(-c5ccc(C)cc5)c5ccc2[nH]5)C=C4)C=C3)cc1. The zero-order chi connectivity index (χ0) is 84.7. The minimum Gasteiger partial charge on any atom is -0.423 e. The number of rotatable bonds is 12. The Hall–Kier alpha value is -14.4. The Labute approximate surface area is 732 Å². The number of benzene rings is 8. The van der Waals surface area contributed by atoms with Gasteiger partial charge in [0.15, 0.2) is 0 Å². The summed E-state index contributed by atoms with van der Waals surface area (Å²) in [4.78, 5) is 68.8. The fraction of sp³-hybridized carbons (Fsp3) is 0.117. The smallest absolute Gasteiger partial charge is 0.350 e. The largest absolute Gasteiger partial charge is 0.423 e. The van der Waals surface area contributed by atoms with E-state index in [4.69, 9.17) is 29.4 Å². The number of aryl methyl sites for hydroxylation is 6. The molecule has 0 radical (unpaired) electrons. The predicted molar refractivity (Wildman–Crippen MR) is 517 cm³/mol. The van der Waals surface area contributed by atoms with Gasteiger partial charge in [-0.1, -0.05) is 203 Å². The zero-order valence-corrected chi connectivity index (χ0v) is 71.9. The van der Waals surface area contributed by atoms with Gasteiger partial charge in [-0.3, -0.25) is 0 Å². The van der Waals surface area contributed by atoms with Crippen molar-refractivity contribution in [3.05, 3.63) is 366 Å². The van der Waals surface area contributed by atoms with Gasteiger partial charge in [0.05, 0.1) is 64.9 Å². The fourth-order valence-corrected chi connectivity index (χ4v) is 21.9. The number of aromatic amines is 4. The molecule has 8 aromatic carbocycles. The van der Waals surface area contributed by atoms with E-state index in [-0.39, 0.29) is 0 Å². The zero-order valence-electron chi connectivity index (χ0n) is 70.2. The monoisotopic (exact) mass is 1660 g/mol. The molecule has 16 bridgehead atoms. The van der Waals surface area contributed by atoms with Crippen LogP contribution in [0.15, 0.2) is 287 Å². The van der Waals surface area contributed by atoms with Crippen LogP contribution in [0, 0.1) is 41.5 Å². The molecule has 14 heteroatoms. The lowest BCUT2D eigenvalue weighted by atomic mass is 9.72. The first-order chi connectivity index (χ1) is 60.8. The molecule has 0 spiro atoms. The standard InChI is InChI=1S/C111H84N8O4S2/c1-62-12-24-68(25-13-62)100-82-44-48-86(112-82)102(70-28-16-64(3)17-29-70)90-52-56-94(116-90)106(95-57-53-91(117-95)103(87-49-45-83(100)113-87)71-30-18-65(4)19-31-71)74-36-40-76(41-37-74)122-108(120)98-60-80-78-10-9-11-79(78)81-61-99(125-111(81,8)110(80,7)124-98)109(121)123-77-42-38-75(39-43-77)107-96-58-54-92(118-96)104(72-32-20-66(5)21-33-72)88-50-46-84(114-88)101(69-26-14-63(2)15-27-69)85-47-51-89(115-85)105(93-55-59-97(107)119-93)73-34-22-67(6)23-35-73/h12-61,112,114,117,119H,9-11H2,1-8H3. The van der Waals surface area contributed by atoms with Crippen LogP contribution in [0.5, 0.6) is 11.5 Å². The van der Waals surface area contributed by atoms with Gasteiger partial charge in [0, 0.05) is 88.6 Å². The van der Waals surface area contributed by atoms with Crippen LogP contribution in [0.25, 0.3) is 182 Å². The molecule has 0 saturated heterocycles. The van der Waals surface area contributed by atoms with Crippen LogP contribution in [0.3, 0.4) is 0 Å². The molecule has 2 unspecified atom stereocenters. The molecule has 12 heterocycles. The molecule has 4 N–H and O–H groups in total. The Kier molecular flexibility index (Phi) is 18.6. The van der Waals surface area contributed by atoms with Gasteiger partial charge in [-0.25, -0.2) is 29.5 Å². The molecular weight excluding hydrogens is 1570 g/mol. The highest BCUT2D eigenvalue weighted by Gasteiger charge is 2.61. The third-order valence-corrected chi connectivity index (χ3v) is 28.9. The molecule has 8 aliphatic rings. The maximum Gasteiger partial charge on any atom is 0.350 e. The topological polar surface area (TPSA) is 167 Å². The van der Waals surface area contributed by atoms with Crippen LogP contribution in [0.2, 0.25) is 0 Å². The molecule has 0 amide bonds. The van der Waals surface area contributed by atoms with E-state index in [0.29, 0.717) is 21.3 Å². The summed E-state index contributed by atoms with van der Waals surface area (Å²) in [5.41, 5.74) is 40.9. The lowest BCUT2D eigenvalue weighted by molar-refractivity contribution is -0.130. The van der Waals surface area contributed by atoms with E-state index in [0.717, 1.165) is 231 Å². The highest BCUT2D eigenvalue weighted by molar-refractivity contribution is 8.10. The maximum absolute atomic E-state index is 15.0. The van der Waals surface area contributed by atoms with E-state index in [1.54, 1.807) is 0 Å². The Balaban J connectivity index is 0.572. The van der Waals surface area contributed by atoms with Crippen molar-refractivity contribution in [1.82, 2.24) is 39.9 Å². The van der Waals surface area contributed by atoms with Crippen molar-refractivity contribution in [2.45, 2.75) is 84.1 Å². The second kappa shape index (κ2) is 30.3. The number of carbonyl (C=O) groups excluding carboxylic acids is 2. The minimum atomic E-state index is -0.654. The number of allylic oxidation sites excluding steroid dienone is 4. The van der Waals surface area contributed by atoms with Crippen molar-refractivity contribution in [3.63, 3.8) is 0 Å². The number of nitrogens with zero attached hydrogens (tertiary/aromatic N) is 4. The number of fused-ring (bicyclic) bond motifs is 20. The van der Waals surface area contributed by atoms with Crippen molar-refractivity contribution < 1.29 is 19.1 Å². The molecule has 125 heavy (non-hydrogen) atoms. The Morgan fingerprint density at radius 2 is 0.456 bits per heavy atom. The van der Waals surface area contributed by atoms with Crippen LogP contribution in [-0.4, -0.2) is 61.3 Å². The average Bonchev–Trinajstić information content (AvgIpc) is 1.52. The van der Waals surface area contributed by atoms with E-state index < -0.39 is 21.4 Å². The summed E-state index contributed by atoms with van der Waals surface area (Å²) in [5, 5.41) is 0. The molecule has 1 fully saturated rings.